The van der Waals surface area contributed by atoms with Gasteiger partial charge in [-0.1, -0.05) is 182 Å². The first-order valence-electron chi connectivity index (χ1n) is 21.9. The zero-order valence-electron chi connectivity index (χ0n) is 35.3. The summed E-state index contributed by atoms with van der Waals surface area (Å²) in [6.07, 6.45) is 0. The molecule has 0 radical (unpaired) electrons. The molecule has 0 N–H and O–H groups in total. The van der Waals surface area contributed by atoms with Crippen molar-refractivity contribution in [1.82, 2.24) is 4.98 Å². The molecule has 0 unspecified atom stereocenters. The van der Waals surface area contributed by atoms with Crippen LogP contribution in [0.1, 0.15) is 0 Å². The minimum absolute atomic E-state index is 0.633. The first kappa shape index (κ1) is 38.4. The smallest absolute Gasteiger partial charge is 0.227 e. The van der Waals surface area contributed by atoms with Gasteiger partial charge in [0.1, 0.15) is 5.52 Å². The summed E-state index contributed by atoms with van der Waals surface area (Å²) in [7, 11) is 0. The molecule has 0 amide bonds. The Bertz CT molecular complexity index is 3580. The number of oxazole rings is 1. The summed E-state index contributed by atoms with van der Waals surface area (Å²) in [5.74, 6) is 0.633. The summed E-state index contributed by atoms with van der Waals surface area (Å²) in [5.41, 5.74) is 17.8. The van der Waals surface area contributed by atoms with Crippen molar-refractivity contribution in [3.63, 3.8) is 0 Å². The van der Waals surface area contributed by atoms with Gasteiger partial charge in [-0.2, -0.15) is 0 Å². The van der Waals surface area contributed by atoms with E-state index in [-0.39, 0.29) is 0 Å². The van der Waals surface area contributed by atoms with Crippen LogP contribution in [0.25, 0.3) is 98.4 Å². The van der Waals surface area contributed by atoms with E-state index in [9.17, 15) is 0 Å². The maximum absolute atomic E-state index is 6.40. The molecule has 3 nitrogen and oxygen atoms in total. The molecular weight excluding hydrogens is 809 g/mol. The topological polar surface area (TPSA) is 29.3 Å². The molecule has 0 bridgehead atoms. The summed E-state index contributed by atoms with van der Waals surface area (Å²) in [6.45, 7) is 0. The van der Waals surface area contributed by atoms with Gasteiger partial charge in [-0.3, -0.25) is 0 Å². The van der Waals surface area contributed by atoms with Crippen molar-refractivity contribution < 1.29 is 4.42 Å². The lowest BCUT2D eigenvalue weighted by molar-refractivity contribution is 0.620. The second-order valence-corrected chi connectivity index (χ2v) is 17.4. The van der Waals surface area contributed by atoms with Crippen LogP contribution in [0.3, 0.4) is 0 Å². The van der Waals surface area contributed by atoms with Crippen LogP contribution in [0.2, 0.25) is 0 Å². The molecule has 2 heterocycles. The Morgan fingerprint density at radius 2 is 0.738 bits per heavy atom. The third-order valence-electron chi connectivity index (χ3n) is 12.4. The molecule has 2 aromatic heterocycles. The molecule has 10 aromatic carbocycles. The van der Waals surface area contributed by atoms with Gasteiger partial charge in [0.25, 0.3) is 0 Å². The van der Waals surface area contributed by atoms with E-state index in [1.807, 2.05) is 17.4 Å². The standard InChI is InChI=1S/C61H40N2OS/c1-4-11-41(12-5-1)44-19-21-46(22-20-44)48-29-35-52(36-30-48)63(51-33-27-47(28-34-51)43-15-8-3-9-16-43)53-37-31-49(32-38-53)54-17-10-18-55-56-39-57-58(40-59(56)65-60(54)55)64-61(62-57)50-25-23-45(24-26-50)42-13-6-2-7-14-42/h1-40H. The van der Waals surface area contributed by atoms with Crippen LogP contribution >= 0.6 is 11.3 Å². The SMILES string of the molecule is c1ccc(-c2ccc(-c3ccc(N(c4ccc(-c5ccccc5)cc4)c4ccc(-c5cccc6c5sc5cc7oc(-c8ccc(-c9ccccc9)cc8)nc7cc56)cc4)cc3)cc2)cc1. The van der Waals surface area contributed by atoms with Crippen LogP contribution in [0, 0.1) is 0 Å². The lowest BCUT2D eigenvalue weighted by atomic mass is 10.00. The van der Waals surface area contributed by atoms with Gasteiger partial charge in [0.05, 0.1) is 0 Å². The monoisotopic (exact) mass is 848 g/mol. The molecule has 12 rings (SSSR count). The van der Waals surface area contributed by atoms with Gasteiger partial charge in [0.2, 0.25) is 5.89 Å². The van der Waals surface area contributed by atoms with E-state index in [1.54, 1.807) is 0 Å². The number of hydrogen-bond acceptors (Lipinski definition) is 4. The highest BCUT2D eigenvalue weighted by atomic mass is 32.1. The van der Waals surface area contributed by atoms with Crippen molar-refractivity contribution in [3.05, 3.63) is 243 Å². The minimum atomic E-state index is 0.633. The van der Waals surface area contributed by atoms with Crippen molar-refractivity contribution >= 4 is 59.7 Å². The number of anilines is 3. The Morgan fingerprint density at radius 1 is 0.338 bits per heavy atom. The number of aromatic nitrogens is 1. The van der Waals surface area contributed by atoms with Gasteiger partial charge in [-0.25, -0.2) is 4.98 Å². The normalized spacial score (nSPS) is 11.4. The van der Waals surface area contributed by atoms with E-state index in [2.05, 4.69) is 241 Å². The van der Waals surface area contributed by atoms with E-state index in [0.29, 0.717) is 5.89 Å². The molecular formula is C61H40N2OS. The van der Waals surface area contributed by atoms with Crippen LogP contribution in [-0.2, 0) is 0 Å². The molecule has 65 heavy (non-hydrogen) atoms. The lowest BCUT2D eigenvalue weighted by Gasteiger charge is -2.26. The molecule has 0 saturated heterocycles. The first-order valence-corrected chi connectivity index (χ1v) is 22.7. The van der Waals surface area contributed by atoms with Gasteiger partial charge >= 0.3 is 0 Å². The van der Waals surface area contributed by atoms with E-state index in [0.717, 1.165) is 33.7 Å². The lowest BCUT2D eigenvalue weighted by Crippen LogP contribution is -2.09. The van der Waals surface area contributed by atoms with Crippen molar-refractivity contribution in [2.45, 2.75) is 0 Å². The molecule has 0 atom stereocenters. The van der Waals surface area contributed by atoms with Crippen LogP contribution < -0.4 is 4.90 Å². The fourth-order valence-corrected chi connectivity index (χ4v) is 10.2. The zero-order valence-corrected chi connectivity index (χ0v) is 36.1. The number of thiophene rings is 1. The van der Waals surface area contributed by atoms with Gasteiger partial charge in [-0.05, 0) is 110 Å². The minimum Gasteiger partial charge on any atom is -0.436 e. The number of benzene rings is 10. The number of fused-ring (bicyclic) bond motifs is 4. The van der Waals surface area contributed by atoms with Crippen LogP contribution in [0.15, 0.2) is 247 Å². The maximum atomic E-state index is 6.40. The van der Waals surface area contributed by atoms with Crippen LogP contribution in [-0.4, -0.2) is 4.98 Å². The Kier molecular flexibility index (Phi) is 9.70. The molecule has 0 aliphatic heterocycles. The van der Waals surface area contributed by atoms with Crippen LogP contribution in [0.5, 0.6) is 0 Å². The van der Waals surface area contributed by atoms with Crippen molar-refractivity contribution in [1.29, 1.82) is 0 Å². The Balaban J connectivity index is 0.861. The summed E-state index contributed by atoms with van der Waals surface area (Å²) < 4.78 is 8.83. The average molecular weight is 849 g/mol. The van der Waals surface area contributed by atoms with Crippen molar-refractivity contribution in [3.8, 4) is 67.1 Å². The average Bonchev–Trinajstić information content (AvgIpc) is 3.98. The predicted octanol–water partition coefficient (Wildman–Crippen LogP) is 17.7. The third kappa shape index (κ3) is 7.36. The molecule has 0 spiro atoms. The second kappa shape index (κ2) is 16.4. The Morgan fingerprint density at radius 3 is 1.20 bits per heavy atom. The number of nitrogens with zero attached hydrogens (tertiary/aromatic N) is 2. The largest absolute Gasteiger partial charge is 0.436 e. The molecule has 12 aromatic rings. The zero-order chi connectivity index (χ0) is 43.1. The van der Waals surface area contributed by atoms with Gasteiger partial charge in [0, 0.05) is 48.9 Å². The molecule has 0 saturated carbocycles. The van der Waals surface area contributed by atoms with Crippen molar-refractivity contribution in [2.24, 2.45) is 0 Å². The highest BCUT2D eigenvalue weighted by Crippen LogP contribution is 2.44. The first-order chi connectivity index (χ1) is 32.2. The van der Waals surface area contributed by atoms with Gasteiger partial charge < -0.3 is 9.32 Å². The number of rotatable bonds is 9. The summed E-state index contributed by atoms with van der Waals surface area (Å²) in [6, 6.07) is 86.5. The summed E-state index contributed by atoms with van der Waals surface area (Å²) in [4.78, 5) is 7.31. The van der Waals surface area contributed by atoms with Gasteiger partial charge in [-0.15, -0.1) is 11.3 Å². The van der Waals surface area contributed by atoms with E-state index in [4.69, 9.17) is 9.40 Å². The van der Waals surface area contributed by atoms with E-state index >= 15 is 0 Å². The molecule has 0 aliphatic carbocycles. The molecule has 306 valence electrons. The molecule has 0 aliphatic rings. The van der Waals surface area contributed by atoms with E-state index in [1.165, 1.54) is 75.8 Å². The predicted molar refractivity (Wildman–Crippen MR) is 274 cm³/mol. The highest BCUT2D eigenvalue weighted by Gasteiger charge is 2.18. The molecule has 0 fully saturated rings. The summed E-state index contributed by atoms with van der Waals surface area (Å²) >= 11 is 1.81. The maximum Gasteiger partial charge on any atom is 0.227 e. The number of hydrogen-bond donors (Lipinski definition) is 0. The Hall–Kier alpha value is -8.31. The van der Waals surface area contributed by atoms with E-state index < -0.39 is 0 Å². The quantitative estimate of drug-likeness (QED) is 0.145. The summed E-state index contributed by atoms with van der Waals surface area (Å²) in [5, 5.41) is 2.41. The second-order valence-electron chi connectivity index (χ2n) is 16.3. The third-order valence-corrected chi connectivity index (χ3v) is 13.6. The Labute approximate surface area is 381 Å². The van der Waals surface area contributed by atoms with Crippen molar-refractivity contribution in [2.75, 3.05) is 4.90 Å². The van der Waals surface area contributed by atoms with Crippen LogP contribution in [0.4, 0.5) is 17.1 Å². The molecule has 4 heteroatoms. The highest BCUT2D eigenvalue weighted by molar-refractivity contribution is 7.26. The fourth-order valence-electron chi connectivity index (χ4n) is 8.97. The van der Waals surface area contributed by atoms with Gasteiger partial charge in [0.15, 0.2) is 5.58 Å². The fraction of sp³-hybridized carbons (Fsp3) is 0.